The summed E-state index contributed by atoms with van der Waals surface area (Å²) in [4.78, 5) is 37.8. The quantitative estimate of drug-likeness (QED) is 0.760. The molecule has 0 radical (unpaired) electrons. The lowest BCUT2D eigenvalue weighted by atomic mass is 9.92. The third kappa shape index (κ3) is 4.89. The fourth-order valence-corrected chi connectivity index (χ4v) is 3.02. The summed E-state index contributed by atoms with van der Waals surface area (Å²) < 4.78 is 0. The summed E-state index contributed by atoms with van der Waals surface area (Å²) in [5.41, 5.74) is 0.703. The normalized spacial score (nSPS) is 15.9. The number of thiazole rings is 1. The van der Waals surface area contributed by atoms with Gasteiger partial charge >= 0.3 is 16.9 Å². The van der Waals surface area contributed by atoms with Crippen molar-refractivity contribution in [2.24, 2.45) is 5.92 Å². The Labute approximate surface area is 126 Å². The summed E-state index contributed by atoms with van der Waals surface area (Å²) in [6.07, 6.45) is 2.56. The van der Waals surface area contributed by atoms with Crippen LogP contribution in [-0.2, 0) is 11.3 Å². The molecule has 7 nitrogen and oxygen atoms in total. The molecule has 1 aromatic heterocycles. The number of urea groups is 1. The second-order valence-corrected chi connectivity index (χ2v) is 6.04. The summed E-state index contributed by atoms with van der Waals surface area (Å²) in [7, 11) is 0. The molecule has 116 valence electrons. The van der Waals surface area contributed by atoms with Crippen LogP contribution in [0.4, 0.5) is 4.79 Å². The average Bonchev–Trinajstić information content (AvgIpc) is 2.89. The monoisotopic (exact) mass is 313 g/mol. The van der Waals surface area contributed by atoms with Crippen molar-refractivity contribution in [2.75, 3.05) is 13.1 Å². The average molecular weight is 313 g/mol. The number of nitrogens with one attached hydrogen (secondary N) is 2. The predicted octanol–water partition coefficient (Wildman–Crippen LogP) is 1.22. The minimum atomic E-state index is -0.764. The van der Waals surface area contributed by atoms with Crippen molar-refractivity contribution in [1.29, 1.82) is 0 Å². The second-order valence-electron chi connectivity index (χ2n) is 5.19. The lowest BCUT2D eigenvalue weighted by Gasteiger charge is -2.31. The topological polar surface area (TPSA) is 102 Å². The summed E-state index contributed by atoms with van der Waals surface area (Å²) in [6.45, 7) is 1.61. The maximum atomic E-state index is 12.0. The Balaban J connectivity index is 1.70. The number of hydrogen-bond acceptors (Lipinski definition) is 4. The van der Waals surface area contributed by atoms with Crippen molar-refractivity contribution in [2.45, 2.75) is 32.2 Å². The van der Waals surface area contributed by atoms with E-state index >= 15 is 0 Å². The number of carbonyl (C=O) groups is 2. The van der Waals surface area contributed by atoms with Gasteiger partial charge in [-0.25, -0.2) is 4.79 Å². The molecule has 1 aliphatic rings. The molecule has 1 aliphatic heterocycles. The molecule has 1 fully saturated rings. The van der Waals surface area contributed by atoms with E-state index < -0.39 is 5.97 Å². The number of aromatic nitrogens is 1. The number of carboxylic acids is 1. The van der Waals surface area contributed by atoms with Gasteiger partial charge in [0, 0.05) is 30.6 Å². The maximum Gasteiger partial charge on any atom is 0.317 e. The number of H-pyrrole nitrogens is 1. The van der Waals surface area contributed by atoms with Crippen molar-refractivity contribution in [3.05, 3.63) is 20.7 Å². The van der Waals surface area contributed by atoms with Gasteiger partial charge < -0.3 is 20.3 Å². The van der Waals surface area contributed by atoms with Crippen LogP contribution in [0, 0.1) is 5.92 Å². The maximum absolute atomic E-state index is 12.0. The Hall–Kier alpha value is -1.83. The number of piperidine rings is 1. The van der Waals surface area contributed by atoms with E-state index in [1.807, 2.05) is 0 Å². The molecule has 2 amide bonds. The molecule has 0 bridgehead atoms. The predicted molar refractivity (Wildman–Crippen MR) is 78.3 cm³/mol. The van der Waals surface area contributed by atoms with Gasteiger partial charge in [0.15, 0.2) is 0 Å². The van der Waals surface area contributed by atoms with E-state index in [9.17, 15) is 14.4 Å². The van der Waals surface area contributed by atoms with Gasteiger partial charge in [-0.2, -0.15) is 0 Å². The standard InChI is InChI=1S/C13H19N3O4S/c17-11(18)2-1-9-3-5-16(6-4-9)12(19)14-7-10-8-21-13(20)15-10/h8-9H,1-7H2,(H,14,19)(H,15,20)(H,17,18). The highest BCUT2D eigenvalue weighted by Gasteiger charge is 2.22. The van der Waals surface area contributed by atoms with Crippen LogP contribution in [0.25, 0.3) is 0 Å². The summed E-state index contributed by atoms with van der Waals surface area (Å²) in [5, 5.41) is 13.1. The molecule has 1 saturated heterocycles. The SMILES string of the molecule is O=C(O)CCC1CCN(C(=O)NCc2csc(=O)[nH]2)CC1. The van der Waals surface area contributed by atoms with E-state index in [4.69, 9.17) is 5.11 Å². The number of nitrogens with zero attached hydrogens (tertiary/aromatic N) is 1. The highest BCUT2D eigenvalue weighted by atomic mass is 32.1. The molecular formula is C13H19N3O4S. The van der Waals surface area contributed by atoms with Crippen molar-refractivity contribution >= 4 is 23.3 Å². The first kappa shape index (κ1) is 15.6. The zero-order valence-electron chi connectivity index (χ0n) is 11.6. The number of carboxylic acid groups (broad SMARTS) is 1. The van der Waals surface area contributed by atoms with E-state index in [1.54, 1.807) is 10.3 Å². The largest absolute Gasteiger partial charge is 0.481 e. The molecule has 2 heterocycles. The number of carbonyl (C=O) groups excluding carboxylic acids is 1. The van der Waals surface area contributed by atoms with Crippen LogP contribution in [0.3, 0.4) is 0 Å². The summed E-state index contributed by atoms with van der Waals surface area (Å²) in [5.74, 6) is -0.377. The lowest BCUT2D eigenvalue weighted by molar-refractivity contribution is -0.137. The van der Waals surface area contributed by atoms with Gasteiger partial charge in [0.1, 0.15) is 0 Å². The Morgan fingerprint density at radius 3 is 2.71 bits per heavy atom. The Morgan fingerprint density at radius 2 is 2.14 bits per heavy atom. The van der Waals surface area contributed by atoms with Gasteiger partial charge in [0.05, 0.1) is 6.54 Å². The first-order valence-electron chi connectivity index (χ1n) is 6.96. The van der Waals surface area contributed by atoms with Crippen LogP contribution in [0.1, 0.15) is 31.4 Å². The molecule has 1 aromatic rings. The molecule has 21 heavy (non-hydrogen) atoms. The van der Waals surface area contributed by atoms with Crippen LogP contribution in [0.2, 0.25) is 0 Å². The number of likely N-dealkylation sites (tertiary alicyclic amines) is 1. The third-order valence-electron chi connectivity index (χ3n) is 3.67. The fourth-order valence-electron chi connectivity index (χ4n) is 2.44. The van der Waals surface area contributed by atoms with E-state index in [0.29, 0.717) is 37.7 Å². The molecule has 0 spiro atoms. The van der Waals surface area contributed by atoms with Gasteiger partial charge in [-0.3, -0.25) is 9.59 Å². The van der Waals surface area contributed by atoms with Gasteiger partial charge in [0.2, 0.25) is 0 Å². The Bertz CT molecular complexity index is 546. The van der Waals surface area contributed by atoms with E-state index in [1.165, 1.54) is 0 Å². The highest BCUT2D eigenvalue weighted by Crippen LogP contribution is 2.21. The van der Waals surface area contributed by atoms with Crippen LogP contribution >= 0.6 is 11.3 Å². The third-order valence-corrected chi connectivity index (χ3v) is 4.39. The van der Waals surface area contributed by atoms with Crippen LogP contribution < -0.4 is 10.2 Å². The fraction of sp³-hybridized carbons (Fsp3) is 0.615. The number of aromatic amines is 1. The molecule has 8 heteroatoms. The molecular weight excluding hydrogens is 294 g/mol. The first-order chi connectivity index (χ1) is 10.0. The molecule has 0 atom stereocenters. The van der Waals surface area contributed by atoms with Crippen molar-refractivity contribution in [3.63, 3.8) is 0 Å². The van der Waals surface area contributed by atoms with Crippen LogP contribution in [0.5, 0.6) is 0 Å². The number of hydrogen-bond donors (Lipinski definition) is 3. The first-order valence-corrected chi connectivity index (χ1v) is 7.84. The van der Waals surface area contributed by atoms with Crippen molar-refractivity contribution in [1.82, 2.24) is 15.2 Å². The molecule has 0 unspecified atom stereocenters. The highest BCUT2D eigenvalue weighted by molar-refractivity contribution is 7.07. The van der Waals surface area contributed by atoms with E-state index in [0.717, 1.165) is 24.2 Å². The molecule has 0 aliphatic carbocycles. The second kappa shape index (κ2) is 7.26. The van der Waals surface area contributed by atoms with Crippen LogP contribution in [0.15, 0.2) is 10.2 Å². The zero-order valence-corrected chi connectivity index (χ0v) is 12.4. The minimum Gasteiger partial charge on any atom is -0.481 e. The Morgan fingerprint density at radius 1 is 1.43 bits per heavy atom. The molecule has 2 rings (SSSR count). The molecule has 0 saturated carbocycles. The summed E-state index contributed by atoms with van der Waals surface area (Å²) >= 11 is 1.08. The van der Waals surface area contributed by atoms with Crippen LogP contribution in [-0.4, -0.2) is 40.1 Å². The van der Waals surface area contributed by atoms with Crippen molar-refractivity contribution < 1.29 is 14.7 Å². The molecule has 0 aromatic carbocycles. The lowest BCUT2D eigenvalue weighted by Crippen LogP contribution is -2.44. The van der Waals surface area contributed by atoms with Gasteiger partial charge in [-0.05, 0) is 25.2 Å². The number of aliphatic carboxylic acids is 1. The smallest absolute Gasteiger partial charge is 0.317 e. The van der Waals surface area contributed by atoms with Crippen molar-refractivity contribution in [3.8, 4) is 0 Å². The van der Waals surface area contributed by atoms with Gasteiger partial charge in [0.25, 0.3) is 0 Å². The minimum absolute atomic E-state index is 0.126. The molecule has 3 N–H and O–H groups in total. The van der Waals surface area contributed by atoms with Gasteiger partial charge in [-0.1, -0.05) is 11.3 Å². The van der Waals surface area contributed by atoms with E-state index in [2.05, 4.69) is 10.3 Å². The summed E-state index contributed by atoms with van der Waals surface area (Å²) in [6, 6.07) is -0.140. The van der Waals surface area contributed by atoms with E-state index in [-0.39, 0.29) is 17.3 Å². The Kier molecular flexibility index (Phi) is 5.38. The number of rotatable bonds is 5. The zero-order chi connectivity index (χ0) is 15.2. The number of amides is 2. The van der Waals surface area contributed by atoms with Gasteiger partial charge in [-0.15, -0.1) is 0 Å².